The van der Waals surface area contributed by atoms with E-state index in [9.17, 15) is 9.59 Å². The Labute approximate surface area is 84.7 Å². The molecule has 1 fully saturated rings. The second-order valence-corrected chi connectivity index (χ2v) is 3.73. The van der Waals surface area contributed by atoms with Crippen molar-refractivity contribution >= 4 is 11.8 Å². The van der Waals surface area contributed by atoms with Crippen LogP contribution >= 0.6 is 0 Å². The SMILES string of the molecule is CCC1CC(=O)N(CCNC)C(=O)C1. The standard InChI is InChI=1S/C10H18N2O2/c1-3-8-6-9(13)12(5-4-11-2)10(14)7-8/h8,11H,3-7H2,1-2H3. The van der Waals surface area contributed by atoms with Gasteiger partial charge in [0.05, 0.1) is 0 Å². The molecule has 0 saturated carbocycles. The molecule has 0 aliphatic carbocycles. The van der Waals surface area contributed by atoms with E-state index in [1.165, 1.54) is 4.90 Å². The number of rotatable bonds is 4. The smallest absolute Gasteiger partial charge is 0.229 e. The lowest BCUT2D eigenvalue weighted by atomic mass is 9.93. The number of nitrogens with zero attached hydrogens (tertiary/aromatic N) is 1. The first-order valence-corrected chi connectivity index (χ1v) is 5.16. The van der Waals surface area contributed by atoms with Crippen molar-refractivity contribution in [1.29, 1.82) is 0 Å². The lowest BCUT2D eigenvalue weighted by Gasteiger charge is -2.29. The van der Waals surface area contributed by atoms with Gasteiger partial charge in [0.1, 0.15) is 0 Å². The van der Waals surface area contributed by atoms with Crippen molar-refractivity contribution in [3.63, 3.8) is 0 Å². The van der Waals surface area contributed by atoms with Gasteiger partial charge in [0.15, 0.2) is 0 Å². The van der Waals surface area contributed by atoms with E-state index < -0.39 is 0 Å². The lowest BCUT2D eigenvalue weighted by Crippen LogP contribution is -2.45. The van der Waals surface area contributed by atoms with Crippen LogP contribution in [-0.2, 0) is 9.59 Å². The molecule has 1 N–H and O–H groups in total. The fourth-order valence-electron chi connectivity index (χ4n) is 1.69. The molecule has 14 heavy (non-hydrogen) atoms. The van der Waals surface area contributed by atoms with E-state index in [2.05, 4.69) is 5.32 Å². The van der Waals surface area contributed by atoms with Crippen molar-refractivity contribution in [2.24, 2.45) is 5.92 Å². The van der Waals surface area contributed by atoms with Crippen LogP contribution in [-0.4, -0.2) is 36.9 Å². The minimum Gasteiger partial charge on any atom is -0.318 e. The van der Waals surface area contributed by atoms with Gasteiger partial charge in [0, 0.05) is 25.9 Å². The van der Waals surface area contributed by atoms with Gasteiger partial charge in [-0.1, -0.05) is 13.3 Å². The Balaban J connectivity index is 2.52. The minimum atomic E-state index is -0.0108. The summed E-state index contributed by atoms with van der Waals surface area (Å²) in [6, 6.07) is 0. The summed E-state index contributed by atoms with van der Waals surface area (Å²) in [5, 5.41) is 2.94. The van der Waals surface area contributed by atoms with Crippen LogP contribution in [0.4, 0.5) is 0 Å². The molecule has 0 spiro atoms. The number of hydrogen-bond acceptors (Lipinski definition) is 3. The van der Waals surface area contributed by atoms with Gasteiger partial charge in [0.25, 0.3) is 0 Å². The highest BCUT2D eigenvalue weighted by atomic mass is 16.2. The van der Waals surface area contributed by atoms with Gasteiger partial charge in [-0.15, -0.1) is 0 Å². The van der Waals surface area contributed by atoms with Crippen LogP contribution in [0.3, 0.4) is 0 Å². The summed E-state index contributed by atoms with van der Waals surface area (Å²) >= 11 is 0. The Hall–Kier alpha value is -0.900. The number of piperidine rings is 1. The molecule has 1 saturated heterocycles. The second-order valence-electron chi connectivity index (χ2n) is 3.73. The molecule has 4 nitrogen and oxygen atoms in total. The number of likely N-dealkylation sites (tertiary alicyclic amines) is 1. The Morgan fingerprint density at radius 1 is 1.36 bits per heavy atom. The predicted molar refractivity (Wildman–Crippen MR) is 53.7 cm³/mol. The predicted octanol–water partition coefficient (Wildman–Crippen LogP) is 0.381. The quantitative estimate of drug-likeness (QED) is 0.664. The lowest BCUT2D eigenvalue weighted by molar-refractivity contribution is -0.149. The van der Waals surface area contributed by atoms with Gasteiger partial charge in [-0.25, -0.2) is 0 Å². The number of hydrogen-bond donors (Lipinski definition) is 1. The Bertz CT molecular complexity index is 210. The number of likely N-dealkylation sites (N-methyl/N-ethyl adjacent to an activating group) is 1. The van der Waals surface area contributed by atoms with Crippen LogP contribution in [0.1, 0.15) is 26.2 Å². The summed E-state index contributed by atoms with van der Waals surface area (Å²) in [6.45, 7) is 3.20. The maximum atomic E-state index is 11.6. The number of amides is 2. The molecular weight excluding hydrogens is 180 g/mol. The molecule has 0 unspecified atom stereocenters. The van der Waals surface area contributed by atoms with Crippen LogP contribution in [0.25, 0.3) is 0 Å². The van der Waals surface area contributed by atoms with Crippen LogP contribution in [0, 0.1) is 5.92 Å². The molecule has 1 aliphatic rings. The number of carbonyl (C=O) groups is 2. The molecule has 4 heteroatoms. The summed E-state index contributed by atoms with van der Waals surface area (Å²) in [5.74, 6) is 0.243. The van der Waals surface area contributed by atoms with Gasteiger partial charge in [-0.2, -0.15) is 0 Å². The molecule has 0 bridgehead atoms. The first kappa shape index (κ1) is 11.2. The Kier molecular flexibility index (Phi) is 4.07. The average Bonchev–Trinajstić information content (AvgIpc) is 2.16. The van der Waals surface area contributed by atoms with E-state index in [0.29, 0.717) is 25.9 Å². The molecule has 1 rings (SSSR count). The molecule has 0 aromatic heterocycles. The van der Waals surface area contributed by atoms with E-state index in [1.54, 1.807) is 0 Å². The Morgan fingerprint density at radius 2 is 1.93 bits per heavy atom. The summed E-state index contributed by atoms with van der Waals surface area (Å²) in [4.78, 5) is 24.5. The fourth-order valence-corrected chi connectivity index (χ4v) is 1.69. The number of nitrogens with one attached hydrogen (secondary N) is 1. The maximum Gasteiger partial charge on any atom is 0.229 e. The van der Waals surface area contributed by atoms with Crippen molar-refractivity contribution in [3.8, 4) is 0 Å². The van der Waals surface area contributed by atoms with Gasteiger partial charge in [0.2, 0.25) is 11.8 Å². The van der Waals surface area contributed by atoms with Crippen molar-refractivity contribution in [1.82, 2.24) is 10.2 Å². The van der Waals surface area contributed by atoms with Crippen molar-refractivity contribution < 1.29 is 9.59 Å². The van der Waals surface area contributed by atoms with E-state index in [1.807, 2.05) is 14.0 Å². The largest absolute Gasteiger partial charge is 0.318 e. The maximum absolute atomic E-state index is 11.6. The topological polar surface area (TPSA) is 49.4 Å². The summed E-state index contributed by atoms with van der Waals surface area (Å²) in [7, 11) is 1.81. The van der Waals surface area contributed by atoms with Crippen LogP contribution in [0.15, 0.2) is 0 Å². The summed E-state index contributed by atoms with van der Waals surface area (Å²) in [5.41, 5.74) is 0. The minimum absolute atomic E-state index is 0.0108. The summed E-state index contributed by atoms with van der Waals surface area (Å²) < 4.78 is 0. The highest BCUT2D eigenvalue weighted by Crippen LogP contribution is 2.21. The van der Waals surface area contributed by atoms with Crippen molar-refractivity contribution in [2.45, 2.75) is 26.2 Å². The van der Waals surface area contributed by atoms with Gasteiger partial charge >= 0.3 is 0 Å². The average molecular weight is 198 g/mol. The zero-order valence-corrected chi connectivity index (χ0v) is 8.88. The fraction of sp³-hybridized carbons (Fsp3) is 0.800. The molecule has 0 aromatic rings. The van der Waals surface area contributed by atoms with E-state index >= 15 is 0 Å². The molecule has 0 aromatic carbocycles. The molecule has 80 valence electrons. The normalized spacial score (nSPS) is 19.1. The van der Waals surface area contributed by atoms with Gasteiger partial charge in [-0.3, -0.25) is 14.5 Å². The second kappa shape index (κ2) is 5.10. The van der Waals surface area contributed by atoms with Crippen molar-refractivity contribution in [3.05, 3.63) is 0 Å². The molecular formula is C10H18N2O2. The Morgan fingerprint density at radius 3 is 2.36 bits per heavy atom. The highest BCUT2D eigenvalue weighted by molar-refractivity contribution is 5.97. The van der Waals surface area contributed by atoms with Crippen LogP contribution in [0.2, 0.25) is 0 Å². The van der Waals surface area contributed by atoms with Crippen LogP contribution < -0.4 is 5.32 Å². The van der Waals surface area contributed by atoms with Gasteiger partial charge < -0.3 is 5.32 Å². The van der Waals surface area contributed by atoms with E-state index in [4.69, 9.17) is 0 Å². The first-order valence-electron chi connectivity index (χ1n) is 5.16. The zero-order valence-electron chi connectivity index (χ0n) is 8.88. The molecule has 1 aliphatic heterocycles. The van der Waals surface area contributed by atoms with Gasteiger partial charge in [-0.05, 0) is 13.0 Å². The first-order chi connectivity index (χ1) is 6.69. The zero-order chi connectivity index (χ0) is 10.6. The summed E-state index contributed by atoms with van der Waals surface area (Å²) in [6.07, 6.45) is 1.98. The highest BCUT2D eigenvalue weighted by Gasteiger charge is 2.30. The molecule has 2 amide bonds. The van der Waals surface area contributed by atoms with Crippen LogP contribution in [0.5, 0.6) is 0 Å². The number of imide groups is 1. The monoisotopic (exact) mass is 198 g/mol. The molecule has 1 heterocycles. The molecule has 0 atom stereocenters. The third kappa shape index (κ3) is 2.54. The molecule has 0 radical (unpaired) electrons. The number of carbonyl (C=O) groups excluding carboxylic acids is 2. The van der Waals surface area contributed by atoms with E-state index in [-0.39, 0.29) is 17.7 Å². The van der Waals surface area contributed by atoms with E-state index in [0.717, 1.165) is 6.42 Å². The van der Waals surface area contributed by atoms with Crippen molar-refractivity contribution in [2.75, 3.05) is 20.1 Å². The third-order valence-electron chi connectivity index (χ3n) is 2.69. The third-order valence-corrected chi connectivity index (χ3v) is 2.69.